The highest BCUT2D eigenvalue weighted by Gasteiger charge is 2.33. The number of rotatable bonds is 6. The SMILES string of the molecule is CCOC(=O)C1=C(C)N=c2s/c(=C/c3ccc(-c4ccccc4[N+](=O)[O-])o3)c(=O)n2C1c1ccccc1. The number of carbonyl (C=O) groups is 1. The van der Waals surface area contributed by atoms with Gasteiger partial charge in [0.2, 0.25) is 0 Å². The Morgan fingerprint density at radius 2 is 1.89 bits per heavy atom. The number of aromatic nitrogens is 1. The van der Waals surface area contributed by atoms with Crippen LogP contribution in [0, 0.1) is 10.1 Å². The Kier molecular flexibility index (Phi) is 6.41. The molecule has 2 aromatic carbocycles. The van der Waals surface area contributed by atoms with Crippen LogP contribution in [0.2, 0.25) is 0 Å². The third-order valence-corrected chi connectivity index (χ3v) is 6.88. The van der Waals surface area contributed by atoms with Gasteiger partial charge in [-0.3, -0.25) is 19.5 Å². The Hall–Kier alpha value is -4.57. The second-order valence-electron chi connectivity index (χ2n) is 8.19. The number of hydrogen-bond acceptors (Lipinski definition) is 8. The van der Waals surface area contributed by atoms with Crippen molar-refractivity contribution in [1.82, 2.24) is 4.57 Å². The lowest BCUT2D eigenvalue weighted by molar-refractivity contribution is -0.384. The van der Waals surface area contributed by atoms with Crippen molar-refractivity contribution in [3.8, 4) is 11.3 Å². The Morgan fingerprint density at radius 3 is 2.62 bits per heavy atom. The van der Waals surface area contributed by atoms with E-state index in [0.717, 1.165) is 5.56 Å². The number of ether oxygens (including phenoxy) is 1. The van der Waals surface area contributed by atoms with Crippen LogP contribution in [0.25, 0.3) is 17.4 Å². The molecule has 0 N–H and O–H groups in total. The number of esters is 1. The van der Waals surface area contributed by atoms with Crippen molar-refractivity contribution >= 4 is 29.1 Å². The quantitative estimate of drug-likeness (QED) is 0.218. The molecule has 0 radical (unpaired) electrons. The fourth-order valence-corrected chi connectivity index (χ4v) is 5.31. The van der Waals surface area contributed by atoms with E-state index in [-0.39, 0.29) is 17.9 Å². The van der Waals surface area contributed by atoms with Gasteiger partial charge >= 0.3 is 5.97 Å². The molecule has 5 rings (SSSR count). The largest absolute Gasteiger partial charge is 0.463 e. The first-order chi connectivity index (χ1) is 17.9. The van der Waals surface area contributed by atoms with Gasteiger partial charge in [0.15, 0.2) is 4.80 Å². The predicted molar refractivity (Wildman–Crippen MR) is 138 cm³/mol. The molecule has 0 bridgehead atoms. The molecule has 0 saturated carbocycles. The molecule has 4 aromatic rings. The zero-order valence-corrected chi connectivity index (χ0v) is 20.7. The van der Waals surface area contributed by atoms with Gasteiger partial charge in [0.05, 0.1) is 38.9 Å². The van der Waals surface area contributed by atoms with E-state index in [4.69, 9.17) is 9.15 Å². The third kappa shape index (κ3) is 4.43. The van der Waals surface area contributed by atoms with Crippen molar-refractivity contribution in [1.29, 1.82) is 0 Å². The van der Waals surface area contributed by atoms with Gasteiger partial charge in [-0.1, -0.05) is 53.8 Å². The normalized spacial score (nSPS) is 15.3. The fraction of sp³-hybridized carbons (Fsp3) is 0.148. The number of benzene rings is 2. The van der Waals surface area contributed by atoms with E-state index in [0.29, 0.717) is 37.7 Å². The lowest BCUT2D eigenvalue weighted by atomic mass is 9.96. The number of allylic oxidation sites excluding steroid dienone is 1. The number of nitro groups is 1. The Labute approximate surface area is 214 Å². The molecule has 1 atom stereocenters. The Bertz CT molecular complexity index is 1730. The van der Waals surface area contributed by atoms with Gasteiger partial charge in [0.1, 0.15) is 11.5 Å². The highest BCUT2D eigenvalue weighted by molar-refractivity contribution is 7.07. The number of thiazole rings is 1. The molecule has 0 fully saturated rings. The zero-order chi connectivity index (χ0) is 26.1. The summed E-state index contributed by atoms with van der Waals surface area (Å²) in [5.41, 5.74) is 1.47. The number of nitrogens with zero attached hydrogens (tertiary/aromatic N) is 3. The molecule has 1 aliphatic heterocycles. The molecule has 2 aromatic heterocycles. The van der Waals surface area contributed by atoms with Crippen LogP contribution < -0.4 is 14.9 Å². The number of para-hydroxylation sites is 1. The molecule has 10 heteroatoms. The maximum absolute atomic E-state index is 13.6. The molecule has 186 valence electrons. The third-order valence-electron chi connectivity index (χ3n) is 5.90. The van der Waals surface area contributed by atoms with E-state index >= 15 is 0 Å². The summed E-state index contributed by atoms with van der Waals surface area (Å²) in [6, 6.07) is 18.1. The lowest BCUT2D eigenvalue weighted by Gasteiger charge is -2.24. The fourth-order valence-electron chi connectivity index (χ4n) is 4.29. The van der Waals surface area contributed by atoms with Crippen LogP contribution in [0.4, 0.5) is 5.69 Å². The molecule has 1 unspecified atom stereocenters. The van der Waals surface area contributed by atoms with Crippen LogP contribution in [0.15, 0.2) is 92.2 Å². The number of fused-ring (bicyclic) bond motifs is 1. The maximum atomic E-state index is 13.6. The molecule has 1 aliphatic rings. The summed E-state index contributed by atoms with van der Waals surface area (Å²) < 4.78 is 13.0. The first-order valence-corrected chi connectivity index (χ1v) is 12.3. The summed E-state index contributed by atoms with van der Waals surface area (Å²) in [5, 5.41) is 11.4. The van der Waals surface area contributed by atoms with Crippen LogP contribution in [0.3, 0.4) is 0 Å². The van der Waals surface area contributed by atoms with Crippen molar-refractivity contribution in [3.05, 3.63) is 119 Å². The van der Waals surface area contributed by atoms with Gasteiger partial charge in [0, 0.05) is 12.1 Å². The molecular weight excluding hydrogens is 494 g/mol. The monoisotopic (exact) mass is 515 g/mol. The van der Waals surface area contributed by atoms with Gasteiger partial charge in [-0.15, -0.1) is 0 Å². The van der Waals surface area contributed by atoms with E-state index in [1.807, 2.05) is 30.3 Å². The molecule has 0 aliphatic carbocycles. The van der Waals surface area contributed by atoms with E-state index in [9.17, 15) is 19.7 Å². The number of nitro benzene ring substituents is 1. The van der Waals surface area contributed by atoms with Gasteiger partial charge < -0.3 is 9.15 Å². The van der Waals surface area contributed by atoms with Gasteiger partial charge in [0.25, 0.3) is 11.2 Å². The van der Waals surface area contributed by atoms with Gasteiger partial charge in [-0.25, -0.2) is 9.79 Å². The van der Waals surface area contributed by atoms with Crippen LogP contribution in [-0.4, -0.2) is 22.1 Å². The topological polar surface area (TPSA) is 117 Å². The minimum absolute atomic E-state index is 0.0763. The van der Waals surface area contributed by atoms with E-state index in [2.05, 4.69) is 4.99 Å². The molecular formula is C27H21N3O6S. The summed E-state index contributed by atoms with van der Waals surface area (Å²) in [7, 11) is 0. The highest BCUT2D eigenvalue weighted by Crippen LogP contribution is 2.32. The Morgan fingerprint density at radius 1 is 1.16 bits per heavy atom. The highest BCUT2D eigenvalue weighted by atomic mass is 32.1. The van der Waals surface area contributed by atoms with E-state index < -0.39 is 16.9 Å². The minimum Gasteiger partial charge on any atom is -0.463 e. The number of hydrogen-bond donors (Lipinski definition) is 0. The average Bonchev–Trinajstić information content (AvgIpc) is 3.48. The Balaban J connectivity index is 1.63. The molecule has 9 nitrogen and oxygen atoms in total. The summed E-state index contributed by atoms with van der Waals surface area (Å²) in [6.07, 6.45) is 1.58. The zero-order valence-electron chi connectivity index (χ0n) is 19.9. The smallest absolute Gasteiger partial charge is 0.338 e. The molecule has 3 heterocycles. The summed E-state index contributed by atoms with van der Waals surface area (Å²) in [6.45, 7) is 3.65. The molecule has 0 spiro atoms. The number of carbonyl (C=O) groups excluding carboxylic acids is 1. The first-order valence-electron chi connectivity index (χ1n) is 11.5. The standard InChI is InChI=1S/C27H21N3O6S/c1-3-35-26(32)23-16(2)28-27-29(24(23)17-9-5-4-6-10-17)25(31)22(37-27)15-18-13-14-21(36-18)19-11-7-8-12-20(19)30(33)34/h4-15,24H,3H2,1-2H3/b22-15+. The van der Waals surface area contributed by atoms with Crippen molar-refractivity contribution in [2.45, 2.75) is 19.9 Å². The molecule has 37 heavy (non-hydrogen) atoms. The van der Waals surface area contributed by atoms with Gasteiger partial charge in [-0.2, -0.15) is 0 Å². The van der Waals surface area contributed by atoms with Crippen LogP contribution >= 0.6 is 11.3 Å². The van der Waals surface area contributed by atoms with Crippen LogP contribution in [-0.2, 0) is 9.53 Å². The van der Waals surface area contributed by atoms with Crippen molar-refractivity contribution < 1.29 is 18.9 Å². The summed E-state index contributed by atoms with van der Waals surface area (Å²) in [4.78, 5) is 42.5. The lowest BCUT2D eigenvalue weighted by Crippen LogP contribution is -2.39. The van der Waals surface area contributed by atoms with Crippen LogP contribution in [0.1, 0.15) is 31.2 Å². The average molecular weight is 516 g/mol. The maximum Gasteiger partial charge on any atom is 0.338 e. The summed E-state index contributed by atoms with van der Waals surface area (Å²) in [5.74, 6) is 0.150. The number of furan rings is 1. The first kappa shape index (κ1) is 24.1. The second kappa shape index (κ2) is 9.82. The van der Waals surface area contributed by atoms with Crippen molar-refractivity contribution in [3.63, 3.8) is 0 Å². The summed E-state index contributed by atoms with van der Waals surface area (Å²) >= 11 is 1.17. The molecule has 0 amide bonds. The minimum atomic E-state index is -0.696. The van der Waals surface area contributed by atoms with Gasteiger partial charge in [-0.05, 0) is 37.6 Å². The van der Waals surface area contributed by atoms with Crippen LogP contribution in [0.5, 0.6) is 0 Å². The predicted octanol–water partition coefficient (Wildman–Crippen LogP) is 3.97. The molecule has 0 saturated heterocycles. The van der Waals surface area contributed by atoms with E-state index in [1.54, 1.807) is 50.3 Å². The second-order valence-corrected chi connectivity index (χ2v) is 9.20. The van der Waals surface area contributed by atoms with E-state index in [1.165, 1.54) is 22.0 Å². The van der Waals surface area contributed by atoms with Crippen molar-refractivity contribution in [2.75, 3.05) is 6.61 Å². The van der Waals surface area contributed by atoms with Crippen molar-refractivity contribution in [2.24, 2.45) is 4.99 Å².